The molecule has 2 aliphatic heterocycles. The molecule has 2 aliphatic rings. The van der Waals surface area contributed by atoms with Crippen molar-refractivity contribution in [2.45, 2.75) is 57.0 Å². The second-order valence-corrected chi connectivity index (χ2v) is 7.70. The van der Waals surface area contributed by atoms with Crippen LogP contribution in [0.3, 0.4) is 0 Å². The van der Waals surface area contributed by atoms with Crippen molar-refractivity contribution in [3.8, 4) is 0 Å². The number of rotatable bonds is 8. The van der Waals surface area contributed by atoms with E-state index in [0.717, 1.165) is 11.1 Å². The molecule has 2 aromatic rings. The van der Waals surface area contributed by atoms with Crippen LogP contribution >= 0.6 is 0 Å². The van der Waals surface area contributed by atoms with Gasteiger partial charge in [0.25, 0.3) is 0 Å². The first-order valence-corrected chi connectivity index (χ1v) is 10.6. The molecule has 6 heteroatoms. The first-order valence-electron chi connectivity index (χ1n) is 10.6. The highest BCUT2D eigenvalue weighted by atomic mass is 16.6. The Morgan fingerprint density at radius 2 is 1.63 bits per heavy atom. The van der Waals surface area contributed by atoms with Gasteiger partial charge < -0.3 is 18.9 Å². The number of hydrogen-bond acceptors (Lipinski definition) is 6. The molecule has 0 unspecified atom stereocenters. The maximum atomic E-state index is 12.3. The second-order valence-electron chi connectivity index (χ2n) is 7.70. The third kappa shape index (κ3) is 5.08. The van der Waals surface area contributed by atoms with E-state index in [1.165, 1.54) is 0 Å². The Balaban J connectivity index is 1.45. The third-order valence-electron chi connectivity index (χ3n) is 5.62. The number of nitrogens with one attached hydrogen (secondary N) is 1. The van der Waals surface area contributed by atoms with Crippen LogP contribution in [0.15, 0.2) is 60.7 Å². The van der Waals surface area contributed by atoms with E-state index in [1.54, 1.807) is 0 Å². The molecule has 0 amide bonds. The predicted octanol–water partition coefficient (Wildman–Crippen LogP) is 2.85. The smallest absolute Gasteiger partial charge is 0.323 e. The van der Waals surface area contributed by atoms with Crippen molar-refractivity contribution in [1.82, 2.24) is 5.32 Å². The van der Waals surface area contributed by atoms with Gasteiger partial charge >= 0.3 is 5.97 Å². The van der Waals surface area contributed by atoms with E-state index in [9.17, 15) is 4.79 Å². The van der Waals surface area contributed by atoms with Crippen LogP contribution in [0.1, 0.15) is 24.5 Å². The fraction of sp³-hybridized carbons (Fsp3) is 0.458. The Morgan fingerprint density at radius 1 is 1.00 bits per heavy atom. The van der Waals surface area contributed by atoms with Crippen LogP contribution in [0, 0.1) is 0 Å². The van der Waals surface area contributed by atoms with E-state index in [0.29, 0.717) is 32.8 Å². The molecule has 4 rings (SSSR count). The van der Waals surface area contributed by atoms with Gasteiger partial charge in [0.15, 0.2) is 0 Å². The molecule has 1 N–H and O–H groups in total. The molecule has 6 nitrogen and oxygen atoms in total. The molecule has 0 bridgehead atoms. The zero-order valence-electron chi connectivity index (χ0n) is 17.2. The summed E-state index contributed by atoms with van der Waals surface area (Å²) < 4.78 is 23.8. The van der Waals surface area contributed by atoms with Crippen LogP contribution < -0.4 is 5.32 Å². The number of ether oxygens (including phenoxy) is 4. The van der Waals surface area contributed by atoms with Crippen molar-refractivity contribution in [3.63, 3.8) is 0 Å². The van der Waals surface area contributed by atoms with Crippen LogP contribution in [0.25, 0.3) is 0 Å². The summed E-state index contributed by atoms with van der Waals surface area (Å²) in [4.78, 5) is 12.3. The van der Waals surface area contributed by atoms with Gasteiger partial charge in [-0.15, -0.1) is 0 Å². The maximum Gasteiger partial charge on any atom is 0.323 e. The quantitative estimate of drug-likeness (QED) is 0.674. The number of fused-ring (bicyclic) bond motifs is 1. The van der Waals surface area contributed by atoms with Crippen LogP contribution in [-0.2, 0) is 37.0 Å². The summed E-state index contributed by atoms with van der Waals surface area (Å²) >= 11 is 0. The minimum absolute atomic E-state index is 0.100. The van der Waals surface area contributed by atoms with E-state index in [4.69, 9.17) is 18.9 Å². The van der Waals surface area contributed by atoms with E-state index >= 15 is 0 Å². The fourth-order valence-corrected chi connectivity index (χ4v) is 4.11. The molecular formula is C24H29NO5. The van der Waals surface area contributed by atoms with Gasteiger partial charge in [0.2, 0.25) is 0 Å². The second kappa shape index (κ2) is 10.2. The van der Waals surface area contributed by atoms with E-state index in [1.807, 2.05) is 67.6 Å². The number of carbonyl (C=O) groups is 1. The molecule has 2 aromatic carbocycles. The number of carbonyl (C=O) groups excluding carboxylic acids is 1. The lowest BCUT2D eigenvalue weighted by atomic mass is 9.97. The zero-order valence-corrected chi connectivity index (χ0v) is 17.2. The average Bonchev–Trinajstić information content (AvgIpc) is 3.23. The molecule has 2 heterocycles. The normalized spacial score (nSPS) is 28.1. The zero-order chi connectivity index (χ0) is 20.8. The first kappa shape index (κ1) is 21.0. The molecule has 2 fully saturated rings. The van der Waals surface area contributed by atoms with Crippen molar-refractivity contribution in [1.29, 1.82) is 0 Å². The van der Waals surface area contributed by atoms with E-state index in [-0.39, 0.29) is 36.4 Å². The Hall–Kier alpha value is -2.25. The van der Waals surface area contributed by atoms with Crippen molar-refractivity contribution >= 4 is 5.97 Å². The minimum Gasteiger partial charge on any atom is -0.465 e. The Bertz CT molecular complexity index is 800. The molecule has 0 aromatic heterocycles. The summed E-state index contributed by atoms with van der Waals surface area (Å²) in [7, 11) is 0. The van der Waals surface area contributed by atoms with Gasteiger partial charge in [-0.05, 0) is 18.1 Å². The largest absolute Gasteiger partial charge is 0.465 e. The highest BCUT2D eigenvalue weighted by Crippen LogP contribution is 2.30. The lowest BCUT2D eigenvalue weighted by Crippen LogP contribution is -2.57. The third-order valence-corrected chi connectivity index (χ3v) is 5.62. The maximum absolute atomic E-state index is 12.3. The summed E-state index contributed by atoms with van der Waals surface area (Å²) in [5.74, 6) is -0.237. The molecule has 0 saturated carbocycles. The Morgan fingerprint density at radius 3 is 2.27 bits per heavy atom. The summed E-state index contributed by atoms with van der Waals surface area (Å²) in [5.41, 5.74) is 2.20. The Labute approximate surface area is 177 Å². The van der Waals surface area contributed by atoms with Crippen LogP contribution in [0.5, 0.6) is 0 Å². The van der Waals surface area contributed by atoms with Gasteiger partial charge in [0.05, 0.1) is 38.6 Å². The standard InChI is InChI=1S/C24H29NO5/c1-2-27-24(26)19-13-20-22(25-19)23(30-15-18-11-7-4-8-12-18)21(16-29-20)28-14-17-9-5-3-6-10-17/h3-12,19-23,25H,2,13-16H2,1H3/t19-,20+,21-,22-,23+/m0/s1. The average molecular weight is 411 g/mol. The lowest BCUT2D eigenvalue weighted by Gasteiger charge is -2.39. The molecule has 0 spiro atoms. The molecule has 30 heavy (non-hydrogen) atoms. The van der Waals surface area contributed by atoms with Gasteiger partial charge in [0, 0.05) is 6.42 Å². The molecule has 160 valence electrons. The minimum atomic E-state index is -0.379. The van der Waals surface area contributed by atoms with Gasteiger partial charge in [-0.2, -0.15) is 0 Å². The highest BCUT2D eigenvalue weighted by molar-refractivity contribution is 5.76. The summed E-state index contributed by atoms with van der Waals surface area (Å²) in [6.07, 6.45) is 0.0209. The van der Waals surface area contributed by atoms with E-state index < -0.39 is 0 Å². The van der Waals surface area contributed by atoms with Crippen molar-refractivity contribution in [3.05, 3.63) is 71.8 Å². The number of esters is 1. The number of hydrogen-bond donors (Lipinski definition) is 1. The SMILES string of the molecule is CCOC(=O)[C@@H]1C[C@H]2OC[C@H](OCc3ccccc3)[C@@H](OCc3ccccc3)[C@H]2N1. The van der Waals surface area contributed by atoms with Crippen molar-refractivity contribution in [2.24, 2.45) is 0 Å². The molecule has 5 atom stereocenters. The predicted molar refractivity (Wildman–Crippen MR) is 112 cm³/mol. The van der Waals surface area contributed by atoms with Gasteiger partial charge in [-0.3, -0.25) is 10.1 Å². The highest BCUT2D eigenvalue weighted by Gasteiger charge is 2.49. The number of benzene rings is 2. The van der Waals surface area contributed by atoms with Crippen LogP contribution in [0.2, 0.25) is 0 Å². The summed E-state index contributed by atoms with van der Waals surface area (Å²) in [6.45, 7) is 3.58. The molecule has 0 radical (unpaired) electrons. The van der Waals surface area contributed by atoms with E-state index in [2.05, 4.69) is 5.32 Å². The van der Waals surface area contributed by atoms with Gasteiger partial charge in [0.1, 0.15) is 18.2 Å². The molecule has 0 aliphatic carbocycles. The topological polar surface area (TPSA) is 66.0 Å². The lowest BCUT2D eigenvalue weighted by molar-refractivity contribution is -0.177. The van der Waals surface area contributed by atoms with Crippen LogP contribution in [0.4, 0.5) is 0 Å². The van der Waals surface area contributed by atoms with Gasteiger partial charge in [-0.25, -0.2) is 0 Å². The summed E-state index contributed by atoms with van der Waals surface area (Å²) in [5, 5.41) is 3.39. The molecular weight excluding hydrogens is 382 g/mol. The monoisotopic (exact) mass is 411 g/mol. The van der Waals surface area contributed by atoms with Crippen molar-refractivity contribution < 1.29 is 23.7 Å². The summed E-state index contributed by atoms with van der Waals surface area (Å²) in [6, 6.07) is 19.6. The first-order chi connectivity index (χ1) is 14.7. The van der Waals surface area contributed by atoms with Crippen LogP contribution in [-0.4, -0.2) is 49.6 Å². The van der Waals surface area contributed by atoms with Gasteiger partial charge in [-0.1, -0.05) is 60.7 Å². The Kier molecular flexibility index (Phi) is 7.12. The molecule has 2 saturated heterocycles. The fourth-order valence-electron chi connectivity index (χ4n) is 4.11. The van der Waals surface area contributed by atoms with Crippen molar-refractivity contribution in [2.75, 3.05) is 13.2 Å².